The molecular formula is C38H44F2N6O3. The lowest BCUT2D eigenvalue weighted by molar-refractivity contribution is -0.134. The van der Waals surface area contributed by atoms with Gasteiger partial charge in [0.25, 0.3) is 0 Å². The van der Waals surface area contributed by atoms with E-state index in [0.717, 1.165) is 64.7 Å². The Morgan fingerprint density at radius 2 is 1.82 bits per heavy atom. The van der Waals surface area contributed by atoms with Crippen LogP contribution in [0.4, 0.5) is 8.78 Å². The molecular weight excluding hydrogens is 626 g/mol. The maximum absolute atomic E-state index is 16.2. The van der Waals surface area contributed by atoms with Gasteiger partial charge in [-0.2, -0.15) is 5.10 Å². The molecule has 0 saturated heterocycles. The van der Waals surface area contributed by atoms with Gasteiger partial charge in [0.05, 0.1) is 41.3 Å². The van der Waals surface area contributed by atoms with Crippen LogP contribution in [0.1, 0.15) is 60.3 Å². The predicted molar refractivity (Wildman–Crippen MR) is 184 cm³/mol. The number of halogens is 2. The molecule has 0 unspecified atom stereocenters. The van der Waals surface area contributed by atoms with Crippen LogP contribution in [0.2, 0.25) is 0 Å². The highest BCUT2D eigenvalue weighted by atomic mass is 19.1. The maximum Gasteiger partial charge on any atom is 0.239 e. The number of hydrogen-bond acceptors (Lipinski definition) is 7. The molecule has 9 nitrogen and oxygen atoms in total. The van der Waals surface area contributed by atoms with Gasteiger partial charge >= 0.3 is 0 Å². The Hall–Kier alpha value is -4.19. The molecule has 0 bridgehead atoms. The minimum atomic E-state index is -0.712. The molecule has 4 heterocycles. The third kappa shape index (κ3) is 6.02. The van der Waals surface area contributed by atoms with Crippen LogP contribution in [-0.2, 0) is 35.3 Å². The molecule has 4 aromatic rings. The lowest BCUT2D eigenvalue weighted by Crippen LogP contribution is -2.48. The third-order valence-corrected chi connectivity index (χ3v) is 10.2. The maximum atomic E-state index is 16.2. The molecule has 1 amide bonds. The van der Waals surface area contributed by atoms with Crippen molar-refractivity contribution in [1.29, 1.82) is 0 Å². The smallest absolute Gasteiger partial charge is 0.239 e. The largest absolute Gasteiger partial charge is 0.490 e. The molecule has 0 spiro atoms. The summed E-state index contributed by atoms with van der Waals surface area (Å²) < 4.78 is 44.1. The van der Waals surface area contributed by atoms with Gasteiger partial charge in [0.15, 0.2) is 0 Å². The minimum Gasteiger partial charge on any atom is -0.490 e. The standard InChI is InChI=1S/C38H44F2N6O3/c1-21-19-41-22(2)31-18-30(43-46(21)31)37-34(35-29(40)16-26(39)17-33(35)49-13-12-48-6)27-8-7-9-28(27)36(42-37)24-11-10-23-15-32(38(47)44(3)4)45(5)20-25(23)14-24/h10-11,14,16-18,21-22,32,41H,7-9,12-13,15,19-20H2,1-6H3/t21-,22+,32+/m0/s1. The topological polar surface area (TPSA) is 84.7 Å². The molecule has 7 rings (SSSR count). The zero-order chi connectivity index (χ0) is 34.6. The number of methoxy groups -OCH3 is 1. The summed E-state index contributed by atoms with van der Waals surface area (Å²) in [4.78, 5) is 22.0. The van der Waals surface area contributed by atoms with E-state index in [1.54, 1.807) is 26.1 Å². The second-order valence-corrected chi connectivity index (χ2v) is 13.8. The van der Waals surface area contributed by atoms with E-state index in [-0.39, 0.29) is 48.6 Å². The number of fused-ring (bicyclic) bond motifs is 3. The lowest BCUT2D eigenvalue weighted by Gasteiger charge is -2.34. The number of hydrogen-bond donors (Lipinski definition) is 1. The van der Waals surface area contributed by atoms with Crippen molar-refractivity contribution >= 4 is 5.91 Å². The molecule has 0 radical (unpaired) electrons. The Balaban J connectivity index is 1.43. The van der Waals surface area contributed by atoms with Crippen LogP contribution in [0.3, 0.4) is 0 Å². The van der Waals surface area contributed by atoms with E-state index in [0.29, 0.717) is 36.3 Å². The molecule has 0 saturated carbocycles. The van der Waals surface area contributed by atoms with Crippen LogP contribution in [0, 0.1) is 11.6 Å². The number of rotatable bonds is 8. The molecule has 1 N–H and O–H groups in total. The monoisotopic (exact) mass is 670 g/mol. The van der Waals surface area contributed by atoms with E-state index >= 15 is 4.39 Å². The number of ether oxygens (including phenoxy) is 2. The first-order chi connectivity index (χ1) is 23.5. The summed E-state index contributed by atoms with van der Waals surface area (Å²) in [5, 5.41) is 8.62. The van der Waals surface area contributed by atoms with Crippen LogP contribution >= 0.6 is 0 Å². The van der Waals surface area contributed by atoms with Crippen LogP contribution in [-0.4, -0.2) is 84.5 Å². The number of aromatic nitrogens is 3. The fraction of sp³-hybridized carbons (Fsp3) is 0.447. The highest BCUT2D eigenvalue weighted by molar-refractivity contribution is 5.89. The first kappa shape index (κ1) is 33.3. The molecule has 3 aliphatic rings. The van der Waals surface area contributed by atoms with Crippen molar-refractivity contribution in [3.63, 3.8) is 0 Å². The zero-order valence-electron chi connectivity index (χ0n) is 29.1. The van der Waals surface area contributed by atoms with E-state index < -0.39 is 11.6 Å². The van der Waals surface area contributed by atoms with Crippen molar-refractivity contribution in [2.45, 2.75) is 64.2 Å². The van der Waals surface area contributed by atoms with Gasteiger partial charge in [0, 0.05) is 63.6 Å². The number of carbonyl (C=O) groups excluding carboxylic acids is 1. The van der Waals surface area contributed by atoms with E-state index in [2.05, 4.69) is 42.3 Å². The molecule has 11 heteroatoms. The fourth-order valence-electron chi connectivity index (χ4n) is 7.67. The number of likely N-dealkylation sites (N-methyl/N-ethyl adjacent to an activating group) is 2. The minimum absolute atomic E-state index is 0.0751. The van der Waals surface area contributed by atoms with Crippen molar-refractivity contribution in [3.05, 3.63) is 76.0 Å². The number of carbonyl (C=O) groups is 1. The van der Waals surface area contributed by atoms with Gasteiger partial charge in [-0.3, -0.25) is 14.4 Å². The molecule has 258 valence electrons. The van der Waals surface area contributed by atoms with Gasteiger partial charge in [-0.15, -0.1) is 0 Å². The Morgan fingerprint density at radius 1 is 1.02 bits per heavy atom. The average Bonchev–Trinajstić information content (AvgIpc) is 3.74. The molecule has 3 atom stereocenters. The Kier molecular flexibility index (Phi) is 9.02. The first-order valence-electron chi connectivity index (χ1n) is 17.1. The molecule has 1 aliphatic carbocycles. The van der Waals surface area contributed by atoms with E-state index in [4.69, 9.17) is 19.6 Å². The van der Waals surface area contributed by atoms with Gasteiger partial charge in [0.2, 0.25) is 5.91 Å². The molecule has 2 aromatic heterocycles. The average molecular weight is 671 g/mol. The highest BCUT2D eigenvalue weighted by Gasteiger charge is 2.34. The summed E-state index contributed by atoms with van der Waals surface area (Å²) in [6, 6.07) is 10.6. The predicted octanol–water partition coefficient (Wildman–Crippen LogP) is 5.74. The number of nitrogens with zero attached hydrogens (tertiary/aromatic N) is 5. The number of benzene rings is 2. The Bertz CT molecular complexity index is 1900. The summed E-state index contributed by atoms with van der Waals surface area (Å²) in [6.45, 7) is 6.05. The third-order valence-electron chi connectivity index (χ3n) is 10.2. The number of amides is 1. The molecule has 0 fully saturated rings. The molecule has 2 aromatic carbocycles. The van der Waals surface area contributed by atoms with Gasteiger partial charge in [0.1, 0.15) is 29.7 Å². The highest BCUT2D eigenvalue weighted by Crippen LogP contribution is 2.47. The van der Waals surface area contributed by atoms with Gasteiger partial charge in [-0.25, -0.2) is 13.8 Å². The number of nitrogens with one attached hydrogen (secondary N) is 1. The molecule has 2 aliphatic heterocycles. The SMILES string of the molecule is COCCOc1cc(F)cc(F)c1-c1c(-c2cc3n(n2)[C@@H](C)CN[C@@H]3C)nc(-c2ccc3c(c2)CN(C)[C@@H](C(=O)N(C)C)C3)c2c1CCC2. The van der Waals surface area contributed by atoms with Crippen molar-refractivity contribution in [2.24, 2.45) is 0 Å². The second-order valence-electron chi connectivity index (χ2n) is 13.8. The Morgan fingerprint density at radius 3 is 2.57 bits per heavy atom. The summed E-state index contributed by atoms with van der Waals surface area (Å²) in [7, 11) is 7.14. The lowest BCUT2D eigenvalue weighted by atomic mass is 9.88. The summed E-state index contributed by atoms with van der Waals surface area (Å²) >= 11 is 0. The van der Waals surface area contributed by atoms with Crippen molar-refractivity contribution < 1.29 is 23.0 Å². The quantitative estimate of drug-likeness (QED) is 0.240. The van der Waals surface area contributed by atoms with Crippen LogP contribution in [0.15, 0.2) is 36.4 Å². The van der Waals surface area contributed by atoms with E-state index in [9.17, 15) is 9.18 Å². The Labute approximate surface area is 286 Å². The van der Waals surface area contributed by atoms with E-state index in [1.165, 1.54) is 6.07 Å². The number of pyridine rings is 1. The van der Waals surface area contributed by atoms with Gasteiger partial charge in [-0.05, 0) is 81.0 Å². The molecule has 49 heavy (non-hydrogen) atoms. The fourth-order valence-corrected chi connectivity index (χ4v) is 7.67. The van der Waals surface area contributed by atoms with Crippen LogP contribution in [0.5, 0.6) is 5.75 Å². The van der Waals surface area contributed by atoms with Gasteiger partial charge in [-0.1, -0.05) is 12.1 Å². The van der Waals surface area contributed by atoms with Crippen LogP contribution in [0.25, 0.3) is 33.8 Å². The zero-order valence-corrected chi connectivity index (χ0v) is 29.1. The van der Waals surface area contributed by atoms with Crippen molar-refractivity contribution in [2.75, 3.05) is 48.0 Å². The summed E-state index contributed by atoms with van der Waals surface area (Å²) in [6.07, 6.45) is 3.01. The van der Waals surface area contributed by atoms with Crippen LogP contribution < -0.4 is 10.1 Å². The summed E-state index contributed by atoms with van der Waals surface area (Å²) in [5.41, 5.74) is 9.18. The summed E-state index contributed by atoms with van der Waals surface area (Å²) in [5.74, 6) is -1.21. The normalized spacial score (nSPS) is 20.1. The van der Waals surface area contributed by atoms with Gasteiger partial charge < -0.3 is 19.7 Å². The first-order valence-corrected chi connectivity index (χ1v) is 17.1. The second kappa shape index (κ2) is 13.3. The van der Waals surface area contributed by atoms with Crippen molar-refractivity contribution in [1.82, 2.24) is 29.9 Å². The van der Waals surface area contributed by atoms with E-state index in [1.807, 2.05) is 17.8 Å². The van der Waals surface area contributed by atoms with Crippen molar-refractivity contribution in [3.8, 4) is 39.5 Å².